The quantitative estimate of drug-likeness (QED) is 0.887. The standard InChI is InChI=1S/C17H17FN4O3/c1-3-11-12(21-15(23)13(11)18)8-25-17-14-9(4-5-20-17)6-10(7-19)16(22-14)24-2/h4-6,11-13H,3,8H2,1-2H3,(H,21,23)/t11?,12-,13+/m1/s1. The smallest absolute Gasteiger partial charge is 0.255 e. The van der Waals surface area contributed by atoms with Gasteiger partial charge >= 0.3 is 0 Å². The molecule has 0 spiro atoms. The van der Waals surface area contributed by atoms with E-state index < -0.39 is 24.0 Å². The zero-order chi connectivity index (χ0) is 18.0. The molecule has 3 heterocycles. The molecule has 0 aromatic carbocycles. The second-order valence-electron chi connectivity index (χ2n) is 5.74. The highest BCUT2D eigenvalue weighted by molar-refractivity contribution is 5.85. The molecule has 7 nitrogen and oxygen atoms in total. The number of nitrogens with zero attached hydrogens (tertiary/aromatic N) is 3. The normalized spacial score (nSPS) is 22.5. The Kier molecular flexibility index (Phi) is 4.65. The number of nitriles is 1. The number of amides is 1. The zero-order valence-corrected chi connectivity index (χ0v) is 13.8. The fourth-order valence-electron chi connectivity index (χ4n) is 2.99. The molecule has 130 valence electrons. The third-order valence-corrected chi connectivity index (χ3v) is 4.32. The van der Waals surface area contributed by atoms with E-state index in [1.165, 1.54) is 13.3 Å². The van der Waals surface area contributed by atoms with Gasteiger partial charge in [-0.1, -0.05) is 6.92 Å². The van der Waals surface area contributed by atoms with Crippen molar-refractivity contribution in [2.75, 3.05) is 13.7 Å². The number of nitrogens with one attached hydrogen (secondary N) is 1. The first-order valence-electron chi connectivity index (χ1n) is 7.90. The highest BCUT2D eigenvalue weighted by Gasteiger charge is 2.41. The Labute approximate surface area is 143 Å². The zero-order valence-electron chi connectivity index (χ0n) is 13.8. The van der Waals surface area contributed by atoms with Gasteiger partial charge in [0.15, 0.2) is 6.17 Å². The van der Waals surface area contributed by atoms with Crippen LogP contribution in [-0.4, -0.2) is 41.8 Å². The summed E-state index contributed by atoms with van der Waals surface area (Å²) >= 11 is 0. The van der Waals surface area contributed by atoms with Crippen molar-refractivity contribution in [1.29, 1.82) is 5.26 Å². The van der Waals surface area contributed by atoms with Gasteiger partial charge in [-0.2, -0.15) is 5.26 Å². The number of halogens is 1. The minimum Gasteiger partial charge on any atom is -0.480 e. The predicted molar refractivity (Wildman–Crippen MR) is 86.9 cm³/mol. The summed E-state index contributed by atoms with van der Waals surface area (Å²) in [5.74, 6) is -0.621. The van der Waals surface area contributed by atoms with E-state index in [0.717, 1.165) is 0 Å². The molecule has 0 radical (unpaired) electrons. The van der Waals surface area contributed by atoms with E-state index in [4.69, 9.17) is 14.7 Å². The molecule has 25 heavy (non-hydrogen) atoms. The van der Waals surface area contributed by atoms with Crippen molar-refractivity contribution in [3.63, 3.8) is 0 Å². The number of carbonyl (C=O) groups is 1. The molecule has 1 amide bonds. The van der Waals surface area contributed by atoms with Crippen LogP contribution in [0.1, 0.15) is 18.9 Å². The van der Waals surface area contributed by atoms with Gasteiger partial charge in [-0.05, 0) is 18.6 Å². The summed E-state index contributed by atoms with van der Waals surface area (Å²) in [4.78, 5) is 20.0. The minimum atomic E-state index is -1.52. The molecular weight excluding hydrogens is 327 g/mol. The van der Waals surface area contributed by atoms with Gasteiger partial charge in [0.25, 0.3) is 5.91 Å². The maximum atomic E-state index is 13.9. The van der Waals surface area contributed by atoms with E-state index in [0.29, 0.717) is 22.9 Å². The van der Waals surface area contributed by atoms with Gasteiger partial charge in [0.1, 0.15) is 23.8 Å². The van der Waals surface area contributed by atoms with Gasteiger partial charge in [0.05, 0.1) is 13.2 Å². The minimum absolute atomic E-state index is 0.0841. The molecule has 3 rings (SSSR count). The van der Waals surface area contributed by atoms with Crippen molar-refractivity contribution in [3.05, 3.63) is 23.9 Å². The van der Waals surface area contributed by atoms with E-state index in [-0.39, 0.29) is 18.4 Å². The SMILES string of the molecule is CCC1[C@H](F)C(=O)N[C@@H]1COc1nccc2cc(C#N)c(OC)nc12. The number of rotatable bonds is 5. The number of carbonyl (C=O) groups excluding carboxylic acids is 1. The molecule has 3 atom stereocenters. The van der Waals surface area contributed by atoms with E-state index in [2.05, 4.69) is 15.3 Å². The summed E-state index contributed by atoms with van der Waals surface area (Å²) in [5, 5.41) is 12.4. The fraction of sp³-hybridized carbons (Fsp3) is 0.412. The molecule has 2 aromatic rings. The molecule has 1 unspecified atom stereocenters. The first kappa shape index (κ1) is 16.9. The maximum absolute atomic E-state index is 13.9. The second-order valence-corrected chi connectivity index (χ2v) is 5.74. The molecule has 0 bridgehead atoms. The van der Waals surface area contributed by atoms with Crippen LogP contribution in [0.3, 0.4) is 0 Å². The first-order valence-corrected chi connectivity index (χ1v) is 7.90. The first-order chi connectivity index (χ1) is 12.1. The van der Waals surface area contributed by atoms with Gasteiger partial charge in [0, 0.05) is 17.5 Å². The number of ether oxygens (including phenoxy) is 2. The Morgan fingerprint density at radius 1 is 1.44 bits per heavy atom. The highest BCUT2D eigenvalue weighted by Crippen LogP contribution is 2.28. The van der Waals surface area contributed by atoms with Crippen LogP contribution in [0.15, 0.2) is 18.3 Å². The van der Waals surface area contributed by atoms with Crippen molar-refractivity contribution in [3.8, 4) is 17.8 Å². The highest BCUT2D eigenvalue weighted by atomic mass is 19.1. The Morgan fingerprint density at radius 2 is 2.24 bits per heavy atom. The van der Waals surface area contributed by atoms with Crippen LogP contribution in [0, 0.1) is 17.2 Å². The van der Waals surface area contributed by atoms with Crippen molar-refractivity contribution < 1.29 is 18.7 Å². The second kappa shape index (κ2) is 6.89. The van der Waals surface area contributed by atoms with Gasteiger partial charge in [0.2, 0.25) is 11.8 Å². The number of methoxy groups -OCH3 is 1. The van der Waals surface area contributed by atoms with E-state index in [1.54, 1.807) is 12.1 Å². The molecule has 1 aliphatic heterocycles. The van der Waals surface area contributed by atoms with Gasteiger partial charge in [-0.25, -0.2) is 14.4 Å². The topological polar surface area (TPSA) is 97.1 Å². The number of alkyl halides is 1. The van der Waals surface area contributed by atoms with Gasteiger partial charge in [-0.3, -0.25) is 4.79 Å². The molecule has 1 N–H and O–H groups in total. The van der Waals surface area contributed by atoms with E-state index >= 15 is 0 Å². The van der Waals surface area contributed by atoms with Gasteiger partial charge in [-0.15, -0.1) is 0 Å². The molecule has 2 aromatic heterocycles. The molecule has 0 saturated carbocycles. The number of hydrogen-bond donors (Lipinski definition) is 1. The summed E-state index contributed by atoms with van der Waals surface area (Å²) in [7, 11) is 1.42. The van der Waals surface area contributed by atoms with Crippen molar-refractivity contribution in [1.82, 2.24) is 15.3 Å². The average molecular weight is 344 g/mol. The lowest BCUT2D eigenvalue weighted by molar-refractivity contribution is -0.123. The summed E-state index contributed by atoms with van der Waals surface area (Å²) in [6.07, 6.45) is 0.541. The maximum Gasteiger partial charge on any atom is 0.255 e. The predicted octanol–water partition coefficient (Wildman–Crippen LogP) is 1.75. The van der Waals surface area contributed by atoms with Crippen LogP contribution in [-0.2, 0) is 4.79 Å². The van der Waals surface area contributed by atoms with Crippen molar-refractivity contribution in [2.24, 2.45) is 5.92 Å². The van der Waals surface area contributed by atoms with Crippen LogP contribution in [0.4, 0.5) is 4.39 Å². The van der Waals surface area contributed by atoms with Crippen molar-refractivity contribution in [2.45, 2.75) is 25.6 Å². The van der Waals surface area contributed by atoms with Crippen LogP contribution in [0.2, 0.25) is 0 Å². The third kappa shape index (κ3) is 3.05. The molecule has 0 aliphatic carbocycles. The number of pyridine rings is 2. The average Bonchev–Trinajstić information content (AvgIpc) is 2.91. The lowest BCUT2D eigenvalue weighted by atomic mass is 9.97. The van der Waals surface area contributed by atoms with Crippen LogP contribution in [0.25, 0.3) is 10.9 Å². The van der Waals surface area contributed by atoms with Crippen LogP contribution < -0.4 is 14.8 Å². The Balaban J connectivity index is 1.87. The number of hydrogen-bond acceptors (Lipinski definition) is 6. The third-order valence-electron chi connectivity index (χ3n) is 4.32. The molecule has 8 heteroatoms. The summed E-state index contributed by atoms with van der Waals surface area (Å²) < 4.78 is 24.7. The Morgan fingerprint density at radius 3 is 2.92 bits per heavy atom. The Hall–Kier alpha value is -2.95. The summed E-state index contributed by atoms with van der Waals surface area (Å²) in [6.45, 7) is 1.91. The molecule has 1 aliphatic rings. The largest absolute Gasteiger partial charge is 0.480 e. The van der Waals surface area contributed by atoms with E-state index in [1.807, 2.05) is 13.0 Å². The number of aromatic nitrogens is 2. The Bertz CT molecular complexity index is 852. The molecular formula is C17H17FN4O3. The lowest BCUT2D eigenvalue weighted by Crippen LogP contribution is -2.34. The summed E-state index contributed by atoms with van der Waals surface area (Å²) in [5.41, 5.74) is 0.744. The number of fused-ring (bicyclic) bond motifs is 1. The fourth-order valence-corrected chi connectivity index (χ4v) is 2.99. The lowest BCUT2D eigenvalue weighted by Gasteiger charge is -2.18. The monoisotopic (exact) mass is 344 g/mol. The van der Waals surface area contributed by atoms with Crippen molar-refractivity contribution >= 4 is 16.8 Å². The van der Waals surface area contributed by atoms with Gasteiger partial charge < -0.3 is 14.8 Å². The van der Waals surface area contributed by atoms with Crippen LogP contribution in [0.5, 0.6) is 11.8 Å². The van der Waals surface area contributed by atoms with Crippen LogP contribution >= 0.6 is 0 Å². The molecule has 1 fully saturated rings. The van der Waals surface area contributed by atoms with E-state index in [9.17, 15) is 9.18 Å². The summed E-state index contributed by atoms with van der Waals surface area (Å²) in [6, 6.07) is 4.94. The molecule has 1 saturated heterocycles.